The molecular formula is C18H22N4O2S. The third-order valence-corrected chi connectivity index (χ3v) is 6.04. The first-order valence-electron chi connectivity index (χ1n) is 8.74. The number of hydrogen-bond donors (Lipinski definition) is 1. The van der Waals surface area contributed by atoms with Crippen LogP contribution in [0.15, 0.2) is 23.6 Å². The fourth-order valence-corrected chi connectivity index (χ4v) is 4.38. The van der Waals surface area contributed by atoms with Gasteiger partial charge in [-0.15, -0.1) is 11.3 Å². The minimum Gasteiger partial charge on any atom is -0.352 e. The van der Waals surface area contributed by atoms with Crippen LogP contribution in [0.2, 0.25) is 0 Å². The van der Waals surface area contributed by atoms with E-state index in [9.17, 15) is 9.59 Å². The lowest BCUT2D eigenvalue weighted by Crippen LogP contribution is -2.52. The molecule has 0 bridgehead atoms. The molecule has 3 heterocycles. The van der Waals surface area contributed by atoms with Crippen molar-refractivity contribution in [2.75, 3.05) is 13.1 Å². The molecule has 4 rings (SSSR count). The van der Waals surface area contributed by atoms with E-state index in [-0.39, 0.29) is 11.8 Å². The zero-order valence-electron chi connectivity index (χ0n) is 14.4. The highest BCUT2D eigenvalue weighted by molar-refractivity contribution is 7.10. The molecule has 1 saturated carbocycles. The minimum atomic E-state index is -0.562. The van der Waals surface area contributed by atoms with E-state index in [1.807, 2.05) is 35.2 Å². The zero-order valence-corrected chi connectivity index (χ0v) is 15.3. The van der Waals surface area contributed by atoms with Gasteiger partial charge in [-0.05, 0) is 50.1 Å². The van der Waals surface area contributed by atoms with E-state index < -0.39 is 6.04 Å². The average molecular weight is 358 g/mol. The number of aromatic nitrogens is 2. The molecule has 1 N–H and O–H groups in total. The summed E-state index contributed by atoms with van der Waals surface area (Å²) in [5.74, 6) is 0.379. The highest BCUT2D eigenvalue weighted by atomic mass is 32.1. The lowest BCUT2D eigenvalue weighted by Gasteiger charge is -2.34. The van der Waals surface area contributed by atoms with Crippen LogP contribution in [0.5, 0.6) is 0 Å². The van der Waals surface area contributed by atoms with Gasteiger partial charge in [0.05, 0.1) is 6.04 Å². The van der Waals surface area contributed by atoms with Gasteiger partial charge in [-0.2, -0.15) is 5.10 Å². The molecular weight excluding hydrogens is 336 g/mol. The third kappa shape index (κ3) is 2.97. The summed E-state index contributed by atoms with van der Waals surface area (Å²) < 4.78 is 1.97. The molecule has 0 radical (unpaired) electrons. The van der Waals surface area contributed by atoms with Crippen LogP contribution in [0.1, 0.15) is 52.9 Å². The predicted octanol–water partition coefficient (Wildman–Crippen LogP) is 2.54. The molecule has 6 nitrogen and oxygen atoms in total. The first-order valence-corrected chi connectivity index (χ1v) is 9.62. The summed E-state index contributed by atoms with van der Waals surface area (Å²) in [6.07, 6.45) is 2.47. The quantitative estimate of drug-likeness (QED) is 0.913. The maximum absolute atomic E-state index is 13.1. The summed E-state index contributed by atoms with van der Waals surface area (Å²) in [5, 5.41) is 9.37. The second-order valence-corrected chi connectivity index (χ2v) is 7.88. The summed E-state index contributed by atoms with van der Waals surface area (Å²) in [6, 6.07) is 5.41. The van der Waals surface area contributed by atoms with E-state index in [0.29, 0.717) is 30.7 Å². The van der Waals surface area contributed by atoms with Crippen LogP contribution in [0.25, 0.3) is 0 Å². The van der Waals surface area contributed by atoms with Crippen molar-refractivity contribution in [2.45, 2.75) is 38.8 Å². The molecule has 2 unspecified atom stereocenters. The van der Waals surface area contributed by atoms with Crippen molar-refractivity contribution in [2.24, 2.45) is 5.92 Å². The van der Waals surface area contributed by atoms with Gasteiger partial charge in [0.25, 0.3) is 5.91 Å². The first kappa shape index (κ1) is 16.3. The maximum atomic E-state index is 13.1. The zero-order chi connectivity index (χ0) is 17.6. The number of piperazine rings is 1. The summed E-state index contributed by atoms with van der Waals surface area (Å²) >= 11 is 1.49. The number of aryl methyl sites for hydroxylation is 1. The predicted molar refractivity (Wildman–Crippen MR) is 95.5 cm³/mol. The molecule has 2 atom stereocenters. The summed E-state index contributed by atoms with van der Waals surface area (Å²) in [5.41, 5.74) is 1.43. The molecule has 132 valence electrons. The molecule has 1 aliphatic heterocycles. The molecule has 7 heteroatoms. The van der Waals surface area contributed by atoms with Crippen LogP contribution in [-0.2, 0) is 4.79 Å². The summed E-state index contributed by atoms with van der Waals surface area (Å²) in [7, 11) is 0. The normalized spacial score (nSPS) is 21.9. The molecule has 2 amide bonds. The van der Waals surface area contributed by atoms with Crippen molar-refractivity contribution < 1.29 is 9.59 Å². The largest absolute Gasteiger partial charge is 0.352 e. The SMILES string of the molecule is Cc1cc(C(=O)N2CCNC(=O)C2c2cccs2)nn1C(C)C1CC1. The fourth-order valence-electron chi connectivity index (χ4n) is 3.55. The minimum absolute atomic E-state index is 0.121. The number of nitrogens with zero attached hydrogens (tertiary/aromatic N) is 3. The van der Waals surface area contributed by atoms with Crippen LogP contribution in [0, 0.1) is 12.8 Å². The number of hydrogen-bond acceptors (Lipinski definition) is 4. The van der Waals surface area contributed by atoms with Gasteiger partial charge >= 0.3 is 0 Å². The average Bonchev–Trinajstić information content (AvgIpc) is 3.17. The van der Waals surface area contributed by atoms with Gasteiger partial charge in [0.15, 0.2) is 5.69 Å². The Morgan fingerprint density at radius 2 is 2.24 bits per heavy atom. The fraction of sp³-hybridized carbons (Fsp3) is 0.500. The molecule has 0 aromatic carbocycles. The Morgan fingerprint density at radius 1 is 1.44 bits per heavy atom. The lowest BCUT2D eigenvalue weighted by atomic mass is 10.1. The molecule has 1 saturated heterocycles. The lowest BCUT2D eigenvalue weighted by molar-refractivity contribution is -0.127. The molecule has 2 aliphatic rings. The smallest absolute Gasteiger partial charge is 0.275 e. The van der Waals surface area contributed by atoms with Crippen molar-refractivity contribution in [3.05, 3.63) is 39.8 Å². The van der Waals surface area contributed by atoms with E-state index >= 15 is 0 Å². The van der Waals surface area contributed by atoms with Gasteiger partial charge in [0.2, 0.25) is 5.91 Å². The number of carbonyl (C=O) groups is 2. The van der Waals surface area contributed by atoms with Gasteiger partial charge < -0.3 is 10.2 Å². The number of carbonyl (C=O) groups excluding carboxylic acids is 2. The first-order chi connectivity index (χ1) is 12.1. The highest BCUT2D eigenvalue weighted by Gasteiger charge is 2.37. The van der Waals surface area contributed by atoms with Crippen LogP contribution >= 0.6 is 11.3 Å². The molecule has 2 aromatic heterocycles. The molecule has 1 aliphatic carbocycles. The molecule has 0 spiro atoms. The van der Waals surface area contributed by atoms with Crippen LogP contribution < -0.4 is 5.32 Å². The van der Waals surface area contributed by atoms with E-state index in [0.717, 1.165) is 10.6 Å². The second-order valence-electron chi connectivity index (χ2n) is 6.90. The standard InChI is InChI=1S/C18H22N4O2S/c1-11-10-14(20-22(11)12(2)13-5-6-13)18(24)21-8-7-19-17(23)16(21)15-4-3-9-25-15/h3-4,9-10,12-13,16H,5-8H2,1-2H3,(H,19,23). The number of rotatable bonds is 4. The van der Waals surface area contributed by atoms with Crippen molar-refractivity contribution in [3.8, 4) is 0 Å². The van der Waals surface area contributed by atoms with Gasteiger partial charge in [0.1, 0.15) is 6.04 Å². The monoisotopic (exact) mass is 358 g/mol. The number of thiophene rings is 1. The van der Waals surface area contributed by atoms with Gasteiger partial charge in [0, 0.05) is 23.7 Å². The Bertz CT molecular complexity index is 794. The van der Waals surface area contributed by atoms with Crippen LogP contribution in [0.4, 0.5) is 0 Å². The van der Waals surface area contributed by atoms with E-state index in [4.69, 9.17) is 0 Å². The van der Waals surface area contributed by atoms with Crippen molar-refractivity contribution >= 4 is 23.2 Å². The Hall–Kier alpha value is -2.15. The Labute approximate surface area is 150 Å². The molecule has 2 aromatic rings. The van der Waals surface area contributed by atoms with Gasteiger partial charge in [-0.3, -0.25) is 14.3 Å². The molecule has 2 fully saturated rings. The van der Waals surface area contributed by atoms with Crippen molar-refractivity contribution in [1.29, 1.82) is 0 Å². The maximum Gasteiger partial charge on any atom is 0.275 e. The van der Waals surface area contributed by atoms with E-state index in [1.165, 1.54) is 24.2 Å². The van der Waals surface area contributed by atoms with E-state index in [2.05, 4.69) is 17.3 Å². The van der Waals surface area contributed by atoms with Crippen LogP contribution in [-0.4, -0.2) is 39.6 Å². The number of amides is 2. The van der Waals surface area contributed by atoms with Crippen molar-refractivity contribution in [1.82, 2.24) is 20.0 Å². The van der Waals surface area contributed by atoms with E-state index in [1.54, 1.807) is 4.90 Å². The Morgan fingerprint density at radius 3 is 2.92 bits per heavy atom. The van der Waals surface area contributed by atoms with Crippen molar-refractivity contribution in [3.63, 3.8) is 0 Å². The molecule has 25 heavy (non-hydrogen) atoms. The summed E-state index contributed by atoms with van der Waals surface area (Å²) in [6.45, 7) is 5.12. The second kappa shape index (κ2) is 6.29. The van der Waals surface area contributed by atoms with Gasteiger partial charge in [-0.25, -0.2) is 0 Å². The number of nitrogens with one attached hydrogen (secondary N) is 1. The highest BCUT2D eigenvalue weighted by Crippen LogP contribution is 2.39. The van der Waals surface area contributed by atoms with Crippen LogP contribution in [0.3, 0.4) is 0 Å². The Kier molecular flexibility index (Phi) is 4.11. The topological polar surface area (TPSA) is 67.2 Å². The van der Waals surface area contributed by atoms with Gasteiger partial charge in [-0.1, -0.05) is 6.07 Å². The Balaban J connectivity index is 1.62. The third-order valence-electron chi connectivity index (χ3n) is 5.12. The summed E-state index contributed by atoms with van der Waals surface area (Å²) in [4.78, 5) is 28.0.